The number of hydrogen-bond donors (Lipinski definition) is 0. The minimum Gasteiger partial charge on any atom is -0.340 e. The highest BCUT2D eigenvalue weighted by atomic mass is 35.5. The van der Waals surface area contributed by atoms with Gasteiger partial charge in [-0.2, -0.15) is 5.26 Å². The van der Waals surface area contributed by atoms with Crippen LogP contribution in [0.3, 0.4) is 0 Å². The van der Waals surface area contributed by atoms with Gasteiger partial charge in [0, 0.05) is 48.4 Å². The normalized spacial score (nSPS) is 22.5. The first-order chi connectivity index (χ1) is 16.1. The molecule has 33 heavy (non-hydrogen) atoms. The average Bonchev–Trinajstić information content (AvgIpc) is 3.50. The van der Waals surface area contributed by atoms with E-state index >= 15 is 0 Å². The molecule has 1 saturated heterocycles. The number of benzene rings is 1. The molecule has 166 valence electrons. The van der Waals surface area contributed by atoms with Crippen molar-refractivity contribution in [1.29, 1.82) is 5.26 Å². The van der Waals surface area contributed by atoms with E-state index in [0.29, 0.717) is 29.4 Å². The molecule has 0 unspecified atom stereocenters. The largest absolute Gasteiger partial charge is 0.340 e. The Hall–Kier alpha value is -3.02. The number of aromatic nitrogens is 5. The SMILES string of the molecule is N#CC1(N2Cc3cc(Cl)ccc3-n3c(nnc3C3CC4(C3)CN(c3ncccn3)C4)C2)CC1. The van der Waals surface area contributed by atoms with Crippen LogP contribution in [0.15, 0.2) is 36.7 Å². The summed E-state index contributed by atoms with van der Waals surface area (Å²) in [6.45, 7) is 3.33. The van der Waals surface area contributed by atoms with Gasteiger partial charge in [-0.25, -0.2) is 9.97 Å². The zero-order chi connectivity index (χ0) is 22.2. The van der Waals surface area contributed by atoms with Gasteiger partial charge < -0.3 is 4.90 Å². The summed E-state index contributed by atoms with van der Waals surface area (Å²) in [6.07, 6.45) is 7.62. The third-order valence-electron chi connectivity index (χ3n) is 7.88. The van der Waals surface area contributed by atoms with Gasteiger partial charge in [0.1, 0.15) is 11.4 Å². The zero-order valence-electron chi connectivity index (χ0n) is 18.2. The molecule has 2 aliphatic heterocycles. The smallest absolute Gasteiger partial charge is 0.225 e. The number of nitriles is 1. The Kier molecular flexibility index (Phi) is 3.98. The van der Waals surface area contributed by atoms with Crippen LogP contribution in [-0.2, 0) is 13.1 Å². The van der Waals surface area contributed by atoms with Crippen LogP contribution in [0.2, 0.25) is 5.02 Å². The predicted octanol–water partition coefficient (Wildman–Crippen LogP) is 3.47. The predicted molar refractivity (Wildman–Crippen MR) is 122 cm³/mol. The summed E-state index contributed by atoms with van der Waals surface area (Å²) in [4.78, 5) is 13.3. The fraction of sp³-hybridized carbons (Fsp3) is 0.458. The maximum atomic E-state index is 9.81. The van der Waals surface area contributed by atoms with E-state index in [1.165, 1.54) is 0 Å². The van der Waals surface area contributed by atoms with E-state index in [1.807, 2.05) is 18.2 Å². The van der Waals surface area contributed by atoms with Gasteiger partial charge in [0.05, 0.1) is 18.3 Å². The molecule has 7 rings (SSSR count). The number of hydrogen-bond acceptors (Lipinski definition) is 7. The van der Waals surface area contributed by atoms with Gasteiger partial charge >= 0.3 is 0 Å². The minimum absolute atomic E-state index is 0.328. The van der Waals surface area contributed by atoms with Gasteiger partial charge in [-0.3, -0.25) is 9.47 Å². The summed E-state index contributed by atoms with van der Waals surface area (Å²) >= 11 is 6.37. The molecule has 2 aromatic heterocycles. The lowest BCUT2D eigenvalue weighted by Gasteiger charge is -2.58. The highest BCUT2D eigenvalue weighted by Gasteiger charge is 2.55. The van der Waals surface area contributed by atoms with E-state index in [1.54, 1.807) is 12.4 Å². The van der Waals surface area contributed by atoms with E-state index < -0.39 is 0 Å². The molecule has 2 aliphatic carbocycles. The Labute approximate surface area is 196 Å². The molecular weight excluding hydrogens is 436 g/mol. The number of rotatable bonds is 3. The van der Waals surface area contributed by atoms with Crippen molar-refractivity contribution in [3.63, 3.8) is 0 Å². The van der Waals surface area contributed by atoms with Crippen molar-refractivity contribution in [2.45, 2.75) is 50.2 Å². The van der Waals surface area contributed by atoms with E-state index in [4.69, 9.17) is 11.6 Å². The van der Waals surface area contributed by atoms with Gasteiger partial charge in [-0.05, 0) is 55.5 Å². The quantitative estimate of drug-likeness (QED) is 0.593. The Morgan fingerprint density at radius 2 is 1.85 bits per heavy atom. The molecule has 0 atom stereocenters. The van der Waals surface area contributed by atoms with Gasteiger partial charge in [0.15, 0.2) is 5.82 Å². The fourth-order valence-electron chi connectivity index (χ4n) is 6.00. The molecule has 0 radical (unpaired) electrons. The monoisotopic (exact) mass is 458 g/mol. The lowest BCUT2D eigenvalue weighted by molar-refractivity contribution is 0.0574. The highest BCUT2D eigenvalue weighted by molar-refractivity contribution is 6.30. The number of anilines is 1. The Balaban J connectivity index is 1.17. The fourth-order valence-corrected chi connectivity index (χ4v) is 6.19. The Morgan fingerprint density at radius 1 is 1.06 bits per heavy atom. The number of fused-ring (bicyclic) bond motifs is 3. The van der Waals surface area contributed by atoms with Gasteiger partial charge in [0.2, 0.25) is 5.95 Å². The lowest BCUT2D eigenvalue weighted by atomic mass is 9.57. The van der Waals surface area contributed by atoms with Crippen molar-refractivity contribution < 1.29 is 0 Å². The second-order valence-corrected chi connectivity index (χ2v) is 10.5. The minimum atomic E-state index is -0.379. The average molecular weight is 459 g/mol. The van der Waals surface area contributed by atoms with Crippen LogP contribution in [0.4, 0.5) is 5.95 Å². The first-order valence-corrected chi connectivity index (χ1v) is 11.9. The molecule has 4 aliphatic rings. The maximum Gasteiger partial charge on any atom is 0.225 e. The summed E-state index contributed by atoms with van der Waals surface area (Å²) in [5, 5.41) is 19.8. The van der Waals surface area contributed by atoms with E-state index in [-0.39, 0.29) is 5.54 Å². The summed E-state index contributed by atoms with van der Waals surface area (Å²) < 4.78 is 2.24. The van der Waals surface area contributed by atoms with Crippen LogP contribution in [0.1, 0.15) is 48.8 Å². The number of halogens is 1. The molecule has 0 amide bonds. The summed E-state index contributed by atoms with van der Waals surface area (Å²) in [7, 11) is 0. The van der Waals surface area contributed by atoms with Crippen molar-refractivity contribution in [1.82, 2.24) is 29.6 Å². The lowest BCUT2D eigenvalue weighted by Crippen LogP contribution is -2.62. The van der Waals surface area contributed by atoms with Crippen molar-refractivity contribution in [3.8, 4) is 11.8 Å². The molecule has 0 bridgehead atoms. The maximum absolute atomic E-state index is 9.81. The molecule has 8 nitrogen and oxygen atoms in total. The molecule has 1 spiro atoms. The van der Waals surface area contributed by atoms with Crippen molar-refractivity contribution >= 4 is 17.5 Å². The molecule has 0 N–H and O–H groups in total. The number of nitrogens with zero attached hydrogens (tertiary/aromatic N) is 8. The van der Waals surface area contributed by atoms with E-state index in [0.717, 1.165) is 67.6 Å². The zero-order valence-corrected chi connectivity index (χ0v) is 18.9. The molecule has 9 heteroatoms. The molecular formula is C24H23ClN8. The summed E-state index contributed by atoms with van der Waals surface area (Å²) in [5.74, 6) is 3.16. The summed E-state index contributed by atoms with van der Waals surface area (Å²) in [5.41, 5.74) is 2.18. The topological polar surface area (TPSA) is 86.8 Å². The molecule has 3 aromatic rings. The third kappa shape index (κ3) is 2.92. The first-order valence-electron chi connectivity index (χ1n) is 11.5. The third-order valence-corrected chi connectivity index (χ3v) is 8.11. The van der Waals surface area contributed by atoms with E-state index in [2.05, 4.69) is 46.7 Å². The highest BCUT2D eigenvalue weighted by Crippen LogP contribution is 2.56. The van der Waals surface area contributed by atoms with Crippen molar-refractivity contribution in [3.05, 3.63) is 58.9 Å². The second-order valence-electron chi connectivity index (χ2n) is 10.1. The Morgan fingerprint density at radius 3 is 2.58 bits per heavy atom. The van der Waals surface area contributed by atoms with Crippen LogP contribution in [0, 0.1) is 16.7 Å². The van der Waals surface area contributed by atoms with Crippen LogP contribution in [-0.4, -0.2) is 48.3 Å². The van der Waals surface area contributed by atoms with Crippen LogP contribution >= 0.6 is 11.6 Å². The van der Waals surface area contributed by atoms with Crippen LogP contribution in [0.5, 0.6) is 0 Å². The van der Waals surface area contributed by atoms with Crippen LogP contribution in [0.25, 0.3) is 5.69 Å². The second kappa shape index (κ2) is 6.75. The first kappa shape index (κ1) is 19.4. The summed E-state index contributed by atoms with van der Waals surface area (Å²) in [6, 6.07) is 10.4. The van der Waals surface area contributed by atoms with Gasteiger partial charge in [-0.1, -0.05) is 11.6 Å². The standard InChI is InChI=1S/C24H23ClN8/c25-18-2-3-19-16(8-18)11-32(24(13-26)4-5-24)12-20-29-30-21(33(19)20)17-9-23(10-17)14-31(15-23)22-27-6-1-7-28-22/h1-3,6-8,17H,4-5,9-12,14-15H2. The van der Waals surface area contributed by atoms with E-state index in [9.17, 15) is 5.26 Å². The molecule has 3 fully saturated rings. The van der Waals surface area contributed by atoms with Crippen molar-refractivity contribution in [2.75, 3.05) is 18.0 Å². The van der Waals surface area contributed by atoms with Gasteiger partial charge in [0.25, 0.3) is 0 Å². The Bertz CT molecular complexity index is 1280. The van der Waals surface area contributed by atoms with Crippen LogP contribution < -0.4 is 4.90 Å². The molecule has 1 aromatic carbocycles. The molecule has 4 heterocycles. The molecule has 2 saturated carbocycles. The van der Waals surface area contributed by atoms with Crippen molar-refractivity contribution in [2.24, 2.45) is 5.41 Å². The van der Waals surface area contributed by atoms with Gasteiger partial charge in [-0.15, -0.1) is 10.2 Å².